The third-order valence-electron chi connectivity index (χ3n) is 2.78. The number of ether oxygens (including phenoxy) is 1. The topological polar surface area (TPSA) is 91.2 Å². The Kier molecular flexibility index (Phi) is 5.56. The molecule has 0 aliphatic heterocycles. The number of amides is 2. The molecule has 23 heavy (non-hydrogen) atoms. The summed E-state index contributed by atoms with van der Waals surface area (Å²) >= 11 is 5.74. The molecular weight excluding hydrogens is 318 g/mol. The highest BCUT2D eigenvalue weighted by Gasteiger charge is 2.08. The number of rotatable bonds is 4. The summed E-state index contributed by atoms with van der Waals surface area (Å²) in [5, 5.41) is 9.25. The van der Waals surface area contributed by atoms with Gasteiger partial charge in [-0.3, -0.25) is 20.4 Å². The molecule has 2 rings (SSSR count). The number of nitrogens with one attached hydrogen (secondary N) is 2. The predicted molar refractivity (Wildman–Crippen MR) is 83.7 cm³/mol. The molecular formula is C16H12ClN3O3. The van der Waals surface area contributed by atoms with Crippen LogP contribution in [0.1, 0.15) is 15.9 Å². The van der Waals surface area contributed by atoms with Crippen LogP contribution in [0.4, 0.5) is 0 Å². The van der Waals surface area contributed by atoms with Crippen LogP contribution >= 0.6 is 11.6 Å². The maximum atomic E-state index is 11.8. The third-order valence-corrected chi connectivity index (χ3v) is 3.03. The van der Waals surface area contributed by atoms with Gasteiger partial charge in [0, 0.05) is 10.6 Å². The molecule has 0 spiro atoms. The average molecular weight is 330 g/mol. The molecule has 2 N–H and O–H groups in total. The molecule has 0 fully saturated rings. The summed E-state index contributed by atoms with van der Waals surface area (Å²) in [4.78, 5) is 23.4. The molecule has 0 atom stereocenters. The van der Waals surface area contributed by atoms with E-state index in [0.717, 1.165) is 0 Å². The zero-order valence-corrected chi connectivity index (χ0v) is 12.6. The van der Waals surface area contributed by atoms with Crippen molar-refractivity contribution in [2.24, 2.45) is 0 Å². The maximum absolute atomic E-state index is 11.8. The third kappa shape index (κ3) is 5.02. The summed E-state index contributed by atoms with van der Waals surface area (Å²) in [6.07, 6.45) is 0. The fourth-order valence-electron chi connectivity index (χ4n) is 1.61. The van der Waals surface area contributed by atoms with Gasteiger partial charge >= 0.3 is 0 Å². The van der Waals surface area contributed by atoms with Gasteiger partial charge in [-0.25, -0.2) is 0 Å². The molecule has 0 aliphatic rings. The van der Waals surface area contributed by atoms with Gasteiger partial charge in [-0.15, -0.1) is 0 Å². The van der Waals surface area contributed by atoms with Crippen LogP contribution in [0, 0.1) is 11.3 Å². The van der Waals surface area contributed by atoms with E-state index in [0.29, 0.717) is 21.9 Å². The summed E-state index contributed by atoms with van der Waals surface area (Å²) in [7, 11) is 0. The summed E-state index contributed by atoms with van der Waals surface area (Å²) < 4.78 is 5.23. The second-order valence-electron chi connectivity index (χ2n) is 4.43. The van der Waals surface area contributed by atoms with Gasteiger partial charge in [-0.2, -0.15) is 5.26 Å². The molecule has 0 aliphatic carbocycles. The van der Waals surface area contributed by atoms with Crippen molar-refractivity contribution in [2.45, 2.75) is 0 Å². The number of benzene rings is 2. The van der Waals surface area contributed by atoms with Crippen LogP contribution in [-0.4, -0.2) is 18.4 Å². The molecule has 0 saturated heterocycles. The zero-order chi connectivity index (χ0) is 16.7. The molecule has 116 valence electrons. The van der Waals surface area contributed by atoms with Crippen LogP contribution in [0.15, 0.2) is 48.5 Å². The summed E-state index contributed by atoms with van der Waals surface area (Å²) in [5.74, 6) is -0.515. The number of nitrogens with zero attached hydrogens (tertiary/aromatic N) is 1. The van der Waals surface area contributed by atoms with Gasteiger partial charge in [0.15, 0.2) is 6.61 Å². The van der Waals surface area contributed by atoms with Crippen molar-refractivity contribution in [3.05, 3.63) is 64.7 Å². The van der Waals surface area contributed by atoms with E-state index in [1.807, 2.05) is 6.07 Å². The molecule has 0 radical (unpaired) electrons. The fraction of sp³-hybridized carbons (Fsp3) is 0.0625. The normalized spacial score (nSPS) is 9.57. The Balaban J connectivity index is 1.78. The van der Waals surface area contributed by atoms with E-state index >= 15 is 0 Å². The van der Waals surface area contributed by atoms with Crippen molar-refractivity contribution in [3.63, 3.8) is 0 Å². The molecule has 0 saturated carbocycles. The number of nitriles is 1. The molecule has 2 aromatic carbocycles. The van der Waals surface area contributed by atoms with E-state index in [1.165, 1.54) is 24.3 Å². The first-order valence-corrected chi connectivity index (χ1v) is 6.94. The monoisotopic (exact) mass is 329 g/mol. The minimum Gasteiger partial charge on any atom is -0.484 e. The van der Waals surface area contributed by atoms with Crippen LogP contribution in [0.2, 0.25) is 5.02 Å². The summed E-state index contributed by atoms with van der Waals surface area (Å²) in [6, 6.07) is 14.5. The Labute approximate surface area is 137 Å². The molecule has 2 aromatic rings. The van der Waals surface area contributed by atoms with Crippen molar-refractivity contribution >= 4 is 23.4 Å². The zero-order valence-electron chi connectivity index (χ0n) is 11.9. The van der Waals surface area contributed by atoms with Gasteiger partial charge in [-0.1, -0.05) is 11.6 Å². The van der Waals surface area contributed by atoms with Crippen molar-refractivity contribution in [1.82, 2.24) is 10.9 Å². The minimum atomic E-state index is -0.512. The molecule has 7 heteroatoms. The second-order valence-corrected chi connectivity index (χ2v) is 4.87. The first kappa shape index (κ1) is 16.3. The van der Waals surface area contributed by atoms with Gasteiger partial charge in [0.05, 0.1) is 11.6 Å². The number of hydrogen-bond donors (Lipinski definition) is 2. The number of carbonyl (C=O) groups excluding carboxylic acids is 2. The Morgan fingerprint density at radius 2 is 1.70 bits per heavy atom. The number of halogens is 1. The average Bonchev–Trinajstić information content (AvgIpc) is 2.59. The molecule has 2 amide bonds. The predicted octanol–water partition coefficient (Wildman–Crippen LogP) is 2.05. The van der Waals surface area contributed by atoms with Crippen LogP contribution in [0.3, 0.4) is 0 Å². The van der Waals surface area contributed by atoms with Crippen molar-refractivity contribution in [1.29, 1.82) is 5.26 Å². The van der Waals surface area contributed by atoms with Crippen LogP contribution in [0.5, 0.6) is 5.75 Å². The van der Waals surface area contributed by atoms with E-state index in [-0.39, 0.29) is 6.61 Å². The minimum absolute atomic E-state index is 0.255. The smallest absolute Gasteiger partial charge is 0.276 e. The fourth-order valence-corrected chi connectivity index (χ4v) is 1.74. The van der Waals surface area contributed by atoms with Gasteiger partial charge in [0.25, 0.3) is 11.8 Å². The number of carbonyl (C=O) groups is 2. The van der Waals surface area contributed by atoms with Crippen LogP contribution < -0.4 is 15.6 Å². The van der Waals surface area contributed by atoms with Gasteiger partial charge in [0.1, 0.15) is 5.75 Å². The lowest BCUT2D eigenvalue weighted by Crippen LogP contribution is -2.43. The first-order valence-electron chi connectivity index (χ1n) is 6.56. The largest absolute Gasteiger partial charge is 0.484 e. The standard InChI is InChI=1S/C16H12ClN3O3/c17-13-5-7-14(8-6-13)23-10-15(21)19-20-16(22)12-3-1-11(9-18)2-4-12/h1-8H,10H2,(H,19,21)(H,20,22). The van der Waals surface area contributed by atoms with Crippen LogP contribution in [-0.2, 0) is 4.79 Å². The molecule has 0 aromatic heterocycles. The quantitative estimate of drug-likeness (QED) is 0.840. The number of hydrogen-bond acceptors (Lipinski definition) is 4. The SMILES string of the molecule is N#Cc1ccc(C(=O)NNC(=O)COc2ccc(Cl)cc2)cc1. The van der Waals surface area contributed by atoms with Crippen LogP contribution in [0.25, 0.3) is 0 Å². The lowest BCUT2D eigenvalue weighted by atomic mass is 10.1. The van der Waals surface area contributed by atoms with Crippen molar-refractivity contribution < 1.29 is 14.3 Å². The van der Waals surface area contributed by atoms with Crippen molar-refractivity contribution in [2.75, 3.05) is 6.61 Å². The Morgan fingerprint density at radius 1 is 1.04 bits per heavy atom. The van der Waals surface area contributed by atoms with Gasteiger partial charge in [0.2, 0.25) is 0 Å². The van der Waals surface area contributed by atoms with E-state index in [2.05, 4.69) is 10.9 Å². The Hall–Kier alpha value is -3.04. The molecule has 0 bridgehead atoms. The second kappa shape index (κ2) is 7.82. The maximum Gasteiger partial charge on any atom is 0.276 e. The van der Waals surface area contributed by atoms with Crippen molar-refractivity contribution in [3.8, 4) is 11.8 Å². The Bertz CT molecular complexity index is 737. The highest BCUT2D eigenvalue weighted by atomic mass is 35.5. The van der Waals surface area contributed by atoms with E-state index < -0.39 is 11.8 Å². The molecule has 6 nitrogen and oxygen atoms in total. The van der Waals surface area contributed by atoms with E-state index in [9.17, 15) is 9.59 Å². The highest BCUT2D eigenvalue weighted by molar-refractivity contribution is 6.30. The van der Waals surface area contributed by atoms with Gasteiger partial charge < -0.3 is 4.74 Å². The molecule has 0 unspecified atom stereocenters. The van der Waals surface area contributed by atoms with E-state index in [4.69, 9.17) is 21.6 Å². The summed E-state index contributed by atoms with van der Waals surface area (Å²) in [5.41, 5.74) is 5.26. The van der Waals surface area contributed by atoms with E-state index in [1.54, 1.807) is 24.3 Å². The lowest BCUT2D eigenvalue weighted by molar-refractivity contribution is -0.123. The Morgan fingerprint density at radius 3 is 2.30 bits per heavy atom. The first-order chi connectivity index (χ1) is 11.1. The number of hydrazine groups is 1. The highest BCUT2D eigenvalue weighted by Crippen LogP contribution is 2.15. The molecule has 0 heterocycles. The van der Waals surface area contributed by atoms with Gasteiger partial charge in [-0.05, 0) is 48.5 Å². The lowest BCUT2D eigenvalue weighted by Gasteiger charge is -2.09. The summed E-state index contributed by atoms with van der Waals surface area (Å²) in [6.45, 7) is -0.255.